The molecular formula is C22H35BN2O6S. The van der Waals surface area contributed by atoms with Crippen LogP contribution in [0.1, 0.15) is 54.9 Å². The third-order valence-corrected chi connectivity index (χ3v) is 8.06. The second-order valence-electron chi connectivity index (χ2n) is 10.4. The van der Waals surface area contributed by atoms with Crippen LogP contribution in [0.25, 0.3) is 0 Å². The molecule has 178 valence electrons. The van der Waals surface area contributed by atoms with Crippen LogP contribution in [-0.2, 0) is 24.1 Å². The van der Waals surface area contributed by atoms with Gasteiger partial charge in [0.15, 0.2) is 0 Å². The van der Waals surface area contributed by atoms with E-state index >= 15 is 0 Å². The fourth-order valence-corrected chi connectivity index (χ4v) is 5.04. The summed E-state index contributed by atoms with van der Waals surface area (Å²) in [6.07, 6.45) is 0.133. The van der Waals surface area contributed by atoms with Gasteiger partial charge in [-0.2, -0.15) is 4.31 Å². The molecule has 0 N–H and O–H groups in total. The molecule has 1 amide bonds. The molecule has 0 saturated carbocycles. The standard InChI is InChI=1S/C22H35BN2O6S/c1-20(2,3)29-19(26)24-13-8-14-25(16-15-24)32(27,28)18-11-9-17(10-12-18)23-30-21(4,5)22(6,7)31-23/h9-12H,8,13-16H2,1-7H3. The van der Waals surface area contributed by atoms with Crippen molar-refractivity contribution in [2.75, 3.05) is 26.2 Å². The van der Waals surface area contributed by atoms with Gasteiger partial charge in [0, 0.05) is 26.2 Å². The lowest BCUT2D eigenvalue weighted by atomic mass is 9.79. The van der Waals surface area contributed by atoms with Crippen molar-refractivity contribution in [3.05, 3.63) is 24.3 Å². The fraction of sp³-hybridized carbons (Fsp3) is 0.682. The van der Waals surface area contributed by atoms with Crippen LogP contribution >= 0.6 is 0 Å². The number of carbonyl (C=O) groups is 1. The molecule has 2 aliphatic heterocycles. The highest BCUT2D eigenvalue weighted by molar-refractivity contribution is 7.89. The molecular weight excluding hydrogens is 431 g/mol. The molecule has 32 heavy (non-hydrogen) atoms. The van der Waals surface area contributed by atoms with Gasteiger partial charge in [-0.1, -0.05) is 12.1 Å². The van der Waals surface area contributed by atoms with E-state index in [2.05, 4.69) is 0 Å². The lowest BCUT2D eigenvalue weighted by Crippen LogP contribution is -2.41. The van der Waals surface area contributed by atoms with Gasteiger partial charge in [0.05, 0.1) is 16.1 Å². The van der Waals surface area contributed by atoms with Gasteiger partial charge < -0.3 is 18.9 Å². The largest absolute Gasteiger partial charge is 0.494 e. The number of hydrogen-bond acceptors (Lipinski definition) is 6. The highest BCUT2D eigenvalue weighted by atomic mass is 32.2. The first-order chi connectivity index (χ1) is 14.6. The minimum atomic E-state index is -3.68. The van der Waals surface area contributed by atoms with Crippen molar-refractivity contribution < 1.29 is 27.3 Å². The Morgan fingerprint density at radius 1 is 0.969 bits per heavy atom. The van der Waals surface area contributed by atoms with E-state index < -0.39 is 40.0 Å². The number of hydrogen-bond donors (Lipinski definition) is 0. The molecule has 0 spiro atoms. The van der Waals surface area contributed by atoms with Crippen LogP contribution < -0.4 is 5.46 Å². The number of rotatable bonds is 3. The first kappa shape index (κ1) is 25.0. The van der Waals surface area contributed by atoms with Crippen LogP contribution in [0.4, 0.5) is 4.79 Å². The van der Waals surface area contributed by atoms with E-state index in [1.165, 1.54) is 4.31 Å². The summed E-state index contributed by atoms with van der Waals surface area (Å²) >= 11 is 0. The van der Waals surface area contributed by atoms with Gasteiger partial charge >= 0.3 is 13.2 Å². The molecule has 0 bridgehead atoms. The number of ether oxygens (including phenoxy) is 1. The molecule has 2 heterocycles. The van der Waals surface area contributed by atoms with E-state index in [4.69, 9.17) is 14.0 Å². The van der Waals surface area contributed by atoms with Gasteiger partial charge in [0.25, 0.3) is 0 Å². The summed E-state index contributed by atoms with van der Waals surface area (Å²) in [6, 6.07) is 6.65. The Hall–Kier alpha value is -1.62. The Morgan fingerprint density at radius 2 is 1.53 bits per heavy atom. The maximum absolute atomic E-state index is 13.2. The highest BCUT2D eigenvalue weighted by Gasteiger charge is 2.51. The monoisotopic (exact) mass is 466 g/mol. The lowest BCUT2D eigenvalue weighted by molar-refractivity contribution is 0.00578. The molecule has 2 fully saturated rings. The molecule has 8 nitrogen and oxygen atoms in total. The topological polar surface area (TPSA) is 85.4 Å². The Bertz CT molecular complexity index is 924. The number of carbonyl (C=O) groups excluding carboxylic acids is 1. The van der Waals surface area contributed by atoms with E-state index in [1.807, 2.05) is 48.5 Å². The molecule has 1 aromatic rings. The number of amides is 1. The second kappa shape index (κ2) is 8.63. The fourth-order valence-electron chi connectivity index (χ4n) is 3.57. The Balaban J connectivity index is 1.69. The maximum atomic E-state index is 13.2. The summed E-state index contributed by atoms with van der Waals surface area (Å²) in [5.74, 6) is 0. The number of benzene rings is 1. The van der Waals surface area contributed by atoms with Crippen molar-refractivity contribution in [1.82, 2.24) is 9.21 Å². The summed E-state index contributed by atoms with van der Waals surface area (Å²) in [5.41, 5.74) is -0.744. The Morgan fingerprint density at radius 3 is 2.06 bits per heavy atom. The van der Waals surface area contributed by atoms with Crippen LogP contribution in [0.5, 0.6) is 0 Å². The van der Waals surface area contributed by atoms with Gasteiger partial charge in [-0.05, 0) is 72.5 Å². The van der Waals surface area contributed by atoms with Crippen molar-refractivity contribution in [1.29, 1.82) is 0 Å². The quantitative estimate of drug-likeness (QED) is 0.637. The van der Waals surface area contributed by atoms with Crippen LogP contribution in [0.15, 0.2) is 29.2 Å². The summed E-state index contributed by atoms with van der Waals surface area (Å²) in [4.78, 5) is 14.1. The van der Waals surface area contributed by atoms with Crippen molar-refractivity contribution >= 4 is 28.7 Å². The highest BCUT2D eigenvalue weighted by Crippen LogP contribution is 2.36. The van der Waals surface area contributed by atoms with E-state index in [0.29, 0.717) is 26.1 Å². The molecule has 0 aromatic heterocycles. The number of nitrogens with zero attached hydrogens (tertiary/aromatic N) is 2. The third kappa shape index (κ3) is 5.30. The molecule has 0 unspecified atom stereocenters. The predicted molar refractivity (Wildman–Crippen MR) is 123 cm³/mol. The van der Waals surface area contributed by atoms with Gasteiger partial charge in [-0.25, -0.2) is 13.2 Å². The SMILES string of the molecule is CC(C)(C)OC(=O)N1CCCN(S(=O)(=O)c2ccc(B3OC(C)(C)C(C)(C)O3)cc2)CC1. The molecule has 2 saturated heterocycles. The van der Waals surface area contributed by atoms with Crippen molar-refractivity contribution in [2.45, 2.75) is 76.6 Å². The molecule has 0 radical (unpaired) electrons. The summed E-state index contributed by atoms with van der Waals surface area (Å²) < 4.78 is 45.4. The normalized spacial score (nSPS) is 22.0. The molecule has 0 aliphatic carbocycles. The Kier molecular flexibility index (Phi) is 6.74. The van der Waals surface area contributed by atoms with Crippen LogP contribution in [0.2, 0.25) is 0 Å². The zero-order valence-electron chi connectivity index (χ0n) is 20.2. The van der Waals surface area contributed by atoms with Crippen LogP contribution in [0, 0.1) is 0 Å². The van der Waals surface area contributed by atoms with Crippen molar-refractivity contribution in [3.63, 3.8) is 0 Å². The first-order valence-electron chi connectivity index (χ1n) is 11.1. The summed E-state index contributed by atoms with van der Waals surface area (Å²) in [7, 11) is -4.23. The summed E-state index contributed by atoms with van der Waals surface area (Å²) in [6.45, 7) is 14.7. The molecule has 0 atom stereocenters. The van der Waals surface area contributed by atoms with E-state index in [9.17, 15) is 13.2 Å². The average molecular weight is 466 g/mol. The van der Waals surface area contributed by atoms with Gasteiger partial charge in [-0.15, -0.1) is 0 Å². The van der Waals surface area contributed by atoms with Crippen LogP contribution in [0.3, 0.4) is 0 Å². The van der Waals surface area contributed by atoms with Gasteiger partial charge in [0.1, 0.15) is 5.60 Å². The zero-order valence-corrected chi connectivity index (χ0v) is 21.0. The maximum Gasteiger partial charge on any atom is 0.494 e. The zero-order chi connectivity index (χ0) is 23.9. The third-order valence-electron chi connectivity index (χ3n) is 6.15. The lowest BCUT2D eigenvalue weighted by Gasteiger charge is -2.32. The van der Waals surface area contributed by atoms with E-state index in [-0.39, 0.29) is 11.4 Å². The van der Waals surface area contributed by atoms with Gasteiger partial charge in [-0.3, -0.25) is 0 Å². The Labute approximate surface area is 192 Å². The summed E-state index contributed by atoms with van der Waals surface area (Å²) in [5, 5.41) is 0. The van der Waals surface area contributed by atoms with Crippen molar-refractivity contribution in [2.24, 2.45) is 0 Å². The predicted octanol–water partition coefficient (Wildman–Crippen LogP) is 2.62. The molecule has 3 rings (SSSR count). The van der Waals surface area contributed by atoms with Gasteiger partial charge in [0.2, 0.25) is 10.0 Å². The van der Waals surface area contributed by atoms with E-state index in [1.54, 1.807) is 29.2 Å². The van der Waals surface area contributed by atoms with Crippen molar-refractivity contribution in [3.8, 4) is 0 Å². The van der Waals surface area contributed by atoms with Crippen LogP contribution in [-0.4, -0.2) is 73.8 Å². The number of sulfonamides is 1. The minimum absolute atomic E-state index is 0.212. The van der Waals surface area contributed by atoms with E-state index in [0.717, 1.165) is 5.46 Å². The smallest absolute Gasteiger partial charge is 0.444 e. The molecule has 2 aliphatic rings. The molecule has 1 aromatic carbocycles. The minimum Gasteiger partial charge on any atom is -0.444 e. The average Bonchev–Trinajstić information content (AvgIpc) is 2.83. The molecule has 10 heteroatoms. The first-order valence-corrected chi connectivity index (χ1v) is 12.5. The second-order valence-corrected chi connectivity index (χ2v) is 12.3.